The van der Waals surface area contributed by atoms with Crippen molar-refractivity contribution >= 4 is 18.0 Å². The smallest absolute Gasteiger partial charge is 0.414 e. The molecular formula is C9H14N2O5. The molecule has 0 radical (unpaired) electrons. The molecule has 7 nitrogen and oxygen atoms in total. The Kier molecular flexibility index (Phi) is 5.61. The van der Waals surface area contributed by atoms with Gasteiger partial charge < -0.3 is 15.2 Å². The number of hydrogen-bond donors (Lipinski definition) is 2. The predicted molar refractivity (Wildman–Crippen MR) is 54.1 cm³/mol. The number of carbonyl (C=O) groups excluding carboxylic acids is 3. The highest BCUT2D eigenvalue weighted by Gasteiger charge is 2.23. The number of amides is 2. The third-order valence-corrected chi connectivity index (χ3v) is 1.50. The molecule has 0 saturated heterocycles. The fourth-order valence-corrected chi connectivity index (χ4v) is 0.857. The molecule has 0 aromatic carbocycles. The molecule has 0 aliphatic carbocycles. The number of rotatable bonds is 3. The second-order valence-electron chi connectivity index (χ2n) is 2.72. The third-order valence-electron chi connectivity index (χ3n) is 1.50. The normalized spacial score (nSPS) is 11.2. The number of carbonyl (C=O) groups is 3. The van der Waals surface area contributed by atoms with Gasteiger partial charge in [0.1, 0.15) is 5.57 Å². The molecule has 2 amide bonds. The van der Waals surface area contributed by atoms with Gasteiger partial charge in [0.15, 0.2) is 0 Å². The van der Waals surface area contributed by atoms with Crippen LogP contribution in [0.5, 0.6) is 0 Å². The molecule has 16 heavy (non-hydrogen) atoms. The van der Waals surface area contributed by atoms with E-state index in [1.165, 1.54) is 6.92 Å². The van der Waals surface area contributed by atoms with Crippen LogP contribution in [-0.2, 0) is 19.1 Å². The van der Waals surface area contributed by atoms with E-state index in [4.69, 9.17) is 5.73 Å². The third kappa shape index (κ3) is 3.99. The second-order valence-corrected chi connectivity index (χ2v) is 2.72. The van der Waals surface area contributed by atoms with Gasteiger partial charge in [-0.15, -0.1) is 0 Å². The van der Waals surface area contributed by atoms with Gasteiger partial charge in [0.25, 0.3) is 5.91 Å². The molecule has 3 N–H and O–H groups in total. The van der Waals surface area contributed by atoms with Crippen LogP contribution >= 0.6 is 0 Å². The van der Waals surface area contributed by atoms with Gasteiger partial charge >= 0.3 is 12.1 Å². The molecule has 7 heteroatoms. The first-order chi connectivity index (χ1) is 7.43. The molecule has 0 atom stereocenters. The summed E-state index contributed by atoms with van der Waals surface area (Å²) in [4.78, 5) is 33.5. The number of nitrogens with one attached hydrogen (secondary N) is 1. The minimum absolute atomic E-state index is 0.0475. The molecule has 0 bridgehead atoms. The van der Waals surface area contributed by atoms with Crippen molar-refractivity contribution in [3.63, 3.8) is 0 Å². The maximum atomic E-state index is 11.4. The first-order valence-electron chi connectivity index (χ1n) is 4.46. The van der Waals surface area contributed by atoms with Crippen LogP contribution in [0, 0.1) is 0 Å². The van der Waals surface area contributed by atoms with Crippen molar-refractivity contribution in [2.45, 2.75) is 13.8 Å². The lowest BCUT2D eigenvalue weighted by Crippen LogP contribution is -2.36. The highest BCUT2D eigenvalue weighted by molar-refractivity contribution is 6.19. The van der Waals surface area contributed by atoms with Gasteiger partial charge in [-0.05, 0) is 13.8 Å². The van der Waals surface area contributed by atoms with Crippen LogP contribution in [0.4, 0.5) is 4.79 Å². The molecule has 0 unspecified atom stereocenters. The van der Waals surface area contributed by atoms with E-state index in [0.29, 0.717) is 0 Å². The monoisotopic (exact) mass is 230 g/mol. The SMILES string of the molecule is CCOC(=O)NC(=O)C(C(=O)OC)=C(C)N. The van der Waals surface area contributed by atoms with Crippen molar-refractivity contribution < 1.29 is 23.9 Å². The van der Waals surface area contributed by atoms with Crippen LogP contribution in [0.2, 0.25) is 0 Å². The van der Waals surface area contributed by atoms with Crippen LogP contribution < -0.4 is 11.1 Å². The Bertz CT molecular complexity index is 331. The highest BCUT2D eigenvalue weighted by atomic mass is 16.5. The summed E-state index contributed by atoms with van der Waals surface area (Å²) in [5, 5.41) is 1.84. The minimum Gasteiger partial charge on any atom is -0.465 e. The summed E-state index contributed by atoms with van der Waals surface area (Å²) in [6.07, 6.45) is -0.949. The maximum absolute atomic E-state index is 11.4. The topological polar surface area (TPSA) is 108 Å². The van der Waals surface area contributed by atoms with Gasteiger partial charge in [-0.2, -0.15) is 0 Å². The van der Waals surface area contributed by atoms with Crippen LogP contribution in [-0.4, -0.2) is 31.7 Å². The molecular weight excluding hydrogens is 216 g/mol. The van der Waals surface area contributed by atoms with E-state index >= 15 is 0 Å². The number of esters is 1. The number of imide groups is 1. The molecule has 90 valence electrons. The van der Waals surface area contributed by atoms with Crippen molar-refractivity contribution in [2.24, 2.45) is 5.73 Å². The Balaban J connectivity index is 4.74. The Morgan fingerprint density at radius 3 is 2.25 bits per heavy atom. The molecule has 0 saturated carbocycles. The molecule has 0 spiro atoms. The largest absolute Gasteiger partial charge is 0.465 e. The van der Waals surface area contributed by atoms with Gasteiger partial charge in [-0.1, -0.05) is 0 Å². The van der Waals surface area contributed by atoms with Gasteiger partial charge in [0.05, 0.1) is 13.7 Å². The molecule has 0 aliphatic heterocycles. The van der Waals surface area contributed by atoms with Crippen molar-refractivity contribution in [3.05, 3.63) is 11.3 Å². The lowest BCUT2D eigenvalue weighted by atomic mass is 10.2. The number of alkyl carbamates (subject to hydrolysis) is 1. The summed E-state index contributed by atoms with van der Waals surface area (Å²) < 4.78 is 8.82. The van der Waals surface area contributed by atoms with Crippen molar-refractivity contribution in [3.8, 4) is 0 Å². The van der Waals surface area contributed by atoms with Crippen molar-refractivity contribution in [1.82, 2.24) is 5.32 Å². The quantitative estimate of drug-likeness (QED) is 0.297. The Labute approximate surface area is 92.6 Å². The zero-order valence-corrected chi connectivity index (χ0v) is 9.33. The fraction of sp³-hybridized carbons (Fsp3) is 0.444. The second kappa shape index (κ2) is 6.44. The maximum Gasteiger partial charge on any atom is 0.414 e. The minimum atomic E-state index is -0.953. The van der Waals surface area contributed by atoms with E-state index in [2.05, 4.69) is 9.47 Å². The standard InChI is InChI=1S/C9H14N2O5/c1-4-16-9(14)11-7(12)6(5(2)10)8(13)15-3/h4,10H2,1-3H3,(H,11,12,14). The Hall–Kier alpha value is -2.05. The van der Waals surface area contributed by atoms with Gasteiger partial charge in [0.2, 0.25) is 0 Å². The van der Waals surface area contributed by atoms with E-state index in [9.17, 15) is 14.4 Å². The molecule has 0 aliphatic rings. The first-order valence-corrected chi connectivity index (χ1v) is 4.46. The van der Waals surface area contributed by atoms with Gasteiger partial charge in [-0.3, -0.25) is 10.1 Å². The summed E-state index contributed by atoms with van der Waals surface area (Å²) in [7, 11) is 1.10. The number of methoxy groups -OCH3 is 1. The number of ether oxygens (including phenoxy) is 2. The summed E-state index contributed by atoms with van der Waals surface area (Å²) in [6.45, 7) is 3.03. The molecule has 0 rings (SSSR count). The van der Waals surface area contributed by atoms with E-state index in [1.54, 1.807) is 6.92 Å². The summed E-state index contributed by atoms with van der Waals surface area (Å²) in [6, 6.07) is 0. The van der Waals surface area contributed by atoms with Gasteiger partial charge in [-0.25, -0.2) is 9.59 Å². The summed E-state index contributed by atoms with van der Waals surface area (Å²) in [5.41, 5.74) is 4.86. The Morgan fingerprint density at radius 1 is 1.31 bits per heavy atom. The summed E-state index contributed by atoms with van der Waals surface area (Å²) >= 11 is 0. The number of nitrogens with two attached hydrogens (primary N) is 1. The highest BCUT2D eigenvalue weighted by Crippen LogP contribution is 2.02. The zero-order chi connectivity index (χ0) is 12.7. The van der Waals surface area contributed by atoms with Crippen molar-refractivity contribution in [2.75, 3.05) is 13.7 Å². The Morgan fingerprint density at radius 2 is 1.88 bits per heavy atom. The van der Waals surface area contributed by atoms with E-state index in [-0.39, 0.29) is 12.3 Å². The van der Waals surface area contributed by atoms with E-state index < -0.39 is 23.5 Å². The van der Waals surface area contributed by atoms with Gasteiger partial charge in [0, 0.05) is 5.70 Å². The van der Waals surface area contributed by atoms with Crippen LogP contribution in [0.3, 0.4) is 0 Å². The van der Waals surface area contributed by atoms with Crippen LogP contribution in [0.1, 0.15) is 13.8 Å². The van der Waals surface area contributed by atoms with Crippen LogP contribution in [0.25, 0.3) is 0 Å². The predicted octanol–water partition coefficient (Wildman–Crippen LogP) is -0.335. The first kappa shape index (κ1) is 13.9. The lowest BCUT2D eigenvalue weighted by Gasteiger charge is -2.07. The molecule has 0 heterocycles. The fourth-order valence-electron chi connectivity index (χ4n) is 0.857. The molecule has 0 aromatic rings. The molecule has 0 fully saturated rings. The van der Waals surface area contributed by atoms with Crippen LogP contribution in [0.15, 0.2) is 11.3 Å². The number of hydrogen-bond acceptors (Lipinski definition) is 6. The van der Waals surface area contributed by atoms with Crippen molar-refractivity contribution in [1.29, 1.82) is 0 Å². The lowest BCUT2D eigenvalue weighted by molar-refractivity contribution is -0.138. The van der Waals surface area contributed by atoms with E-state index in [0.717, 1.165) is 7.11 Å². The molecule has 0 aromatic heterocycles. The average Bonchev–Trinajstić information content (AvgIpc) is 2.17. The summed E-state index contributed by atoms with van der Waals surface area (Å²) in [5.74, 6) is -1.87. The van der Waals surface area contributed by atoms with E-state index in [1.807, 2.05) is 5.32 Å². The zero-order valence-electron chi connectivity index (χ0n) is 9.33. The average molecular weight is 230 g/mol. The number of allylic oxidation sites excluding steroid dienone is 1.